The molecule has 0 aliphatic heterocycles. The quantitative estimate of drug-likeness (QED) is 0.627. The van der Waals surface area contributed by atoms with Crippen LogP contribution in [0.3, 0.4) is 0 Å². The van der Waals surface area contributed by atoms with Gasteiger partial charge in [0.25, 0.3) is 0 Å². The SMILES string of the molecule is CCCCCCCCOc1ccc(C#N)c(C)c1. The lowest BCUT2D eigenvalue weighted by atomic mass is 10.1. The predicted octanol–water partition coefficient (Wildman–Crippen LogP) is 4.61. The van der Waals surface area contributed by atoms with Gasteiger partial charge in [-0.2, -0.15) is 5.26 Å². The van der Waals surface area contributed by atoms with Gasteiger partial charge in [-0.3, -0.25) is 0 Å². The Morgan fingerprint density at radius 1 is 1.11 bits per heavy atom. The summed E-state index contributed by atoms with van der Waals surface area (Å²) in [5.74, 6) is 0.875. The Bertz CT molecular complexity index is 393. The molecule has 0 bridgehead atoms. The van der Waals surface area contributed by atoms with Crippen LogP contribution in [0.25, 0.3) is 0 Å². The van der Waals surface area contributed by atoms with Gasteiger partial charge in [0, 0.05) is 0 Å². The van der Waals surface area contributed by atoms with Crippen LogP contribution in [0.4, 0.5) is 0 Å². The van der Waals surface area contributed by atoms with E-state index >= 15 is 0 Å². The number of hydrogen-bond donors (Lipinski definition) is 0. The van der Waals surface area contributed by atoms with Gasteiger partial charge >= 0.3 is 0 Å². The van der Waals surface area contributed by atoms with Gasteiger partial charge in [0.2, 0.25) is 0 Å². The molecule has 2 heteroatoms. The predicted molar refractivity (Wildman–Crippen MR) is 74.8 cm³/mol. The number of benzene rings is 1. The molecule has 0 saturated carbocycles. The molecule has 1 aromatic rings. The average molecular weight is 245 g/mol. The Balaban J connectivity index is 2.20. The van der Waals surface area contributed by atoms with Crippen molar-refractivity contribution in [2.24, 2.45) is 0 Å². The standard InChI is InChI=1S/C16H23NO/c1-3-4-5-6-7-8-11-18-16-10-9-15(13-17)14(2)12-16/h9-10,12H,3-8,11H2,1-2H3. The van der Waals surface area contributed by atoms with Crippen molar-refractivity contribution < 1.29 is 4.74 Å². The van der Waals surface area contributed by atoms with E-state index in [0.29, 0.717) is 0 Å². The van der Waals surface area contributed by atoms with Crippen LogP contribution in [0.15, 0.2) is 18.2 Å². The highest BCUT2D eigenvalue weighted by molar-refractivity contribution is 5.41. The molecule has 0 saturated heterocycles. The van der Waals surface area contributed by atoms with Crippen molar-refractivity contribution in [3.63, 3.8) is 0 Å². The Kier molecular flexibility index (Phi) is 6.94. The van der Waals surface area contributed by atoms with Crippen molar-refractivity contribution in [2.75, 3.05) is 6.61 Å². The van der Waals surface area contributed by atoms with Crippen LogP contribution in [-0.4, -0.2) is 6.61 Å². The third kappa shape index (κ3) is 5.23. The van der Waals surface area contributed by atoms with E-state index in [1.807, 2.05) is 25.1 Å². The second kappa shape index (κ2) is 8.58. The highest BCUT2D eigenvalue weighted by atomic mass is 16.5. The van der Waals surface area contributed by atoms with Crippen molar-refractivity contribution >= 4 is 0 Å². The number of aryl methyl sites for hydroxylation is 1. The first kappa shape index (κ1) is 14.6. The molecule has 0 aliphatic carbocycles. The summed E-state index contributed by atoms with van der Waals surface area (Å²) in [4.78, 5) is 0. The van der Waals surface area contributed by atoms with E-state index in [4.69, 9.17) is 10.00 Å². The van der Waals surface area contributed by atoms with Gasteiger partial charge in [0.1, 0.15) is 5.75 Å². The first-order chi connectivity index (χ1) is 8.77. The summed E-state index contributed by atoms with van der Waals surface area (Å²) < 4.78 is 5.68. The number of rotatable bonds is 8. The molecule has 0 aromatic heterocycles. The van der Waals surface area contributed by atoms with Crippen molar-refractivity contribution in [2.45, 2.75) is 52.4 Å². The zero-order valence-corrected chi connectivity index (χ0v) is 11.5. The van der Waals surface area contributed by atoms with E-state index in [0.717, 1.165) is 29.9 Å². The summed E-state index contributed by atoms with van der Waals surface area (Å²) >= 11 is 0. The molecule has 18 heavy (non-hydrogen) atoms. The Labute approximate surface area is 111 Å². The van der Waals surface area contributed by atoms with Crippen LogP contribution in [-0.2, 0) is 0 Å². The minimum atomic E-state index is 0.724. The van der Waals surface area contributed by atoms with Gasteiger partial charge in [-0.05, 0) is 37.1 Å². The monoisotopic (exact) mass is 245 g/mol. The third-order valence-corrected chi connectivity index (χ3v) is 3.08. The van der Waals surface area contributed by atoms with E-state index < -0.39 is 0 Å². The molecular formula is C16H23NO. The maximum absolute atomic E-state index is 8.84. The largest absolute Gasteiger partial charge is 0.494 e. The van der Waals surface area contributed by atoms with Crippen molar-refractivity contribution in [3.05, 3.63) is 29.3 Å². The van der Waals surface area contributed by atoms with Crippen LogP contribution in [0.2, 0.25) is 0 Å². The molecule has 0 atom stereocenters. The molecule has 98 valence electrons. The fourth-order valence-electron chi connectivity index (χ4n) is 1.92. The van der Waals surface area contributed by atoms with E-state index in [1.54, 1.807) is 0 Å². The lowest BCUT2D eigenvalue weighted by Gasteiger charge is -2.07. The molecule has 0 fully saturated rings. The second-order valence-corrected chi connectivity index (χ2v) is 4.70. The molecule has 0 spiro atoms. The fraction of sp³-hybridized carbons (Fsp3) is 0.562. The van der Waals surface area contributed by atoms with Gasteiger partial charge in [0.05, 0.1) is 18.2 Å². The summed E-state index contributed by atoms with van der Waals surface area (Å²) in [7, 11) is 0. The number of unbranched alkanes of at least 4 members (excludes halogenated alkanes) is 5. The molecule has 2 nitrogen and oxygen atoms in total. The zero-order chi connectivity index (χ0) is 13.2. The number of nitriles is 1. The molecule has 0 amide bonds. The Hall–Kier alpha value is -1.49. The van der Waals surface area contributed by atoms with Crippen LogP contribution in [0.5, 0.6) is 5.75 Å². The van der Waals surface area contributed by atoms with Crippen molar-refractivity contribution in [3.8, 4) is 11.8 Å². The summed E-state index contributed by atoms with van der Waals surface area (Å²) in [5, 5.41) is 8.84. The number of hydrogen-bond acceptors (Lipinski definition) is 2. The zero-order valence-electron chi connectivity index (χ0n) is 11.5. The van der Waals surface area contributed by atoms with E-state index in [1.165, 1.54) is 32.1 Å². The van der Waals surface area contributed by atoms with Crippen LogP contribution in [0, 0.1) is 18.3 Å². The maximum Gasteiger partial charge on any atom is 0.119 e. The summed E-state index contributed by atoms with van der Waals surface area (Å²) in [5.41, 5.74) is 1.71. The van der Waals surface area contributed by atoms with Crippen LogP contribution >= 0.6 is 0 Å². The molecule has 0 unspecified atom stereocenters. The second-order valence-electron chi connectivity index (χ2n) is 4.70. The van der Waals surface area contributed by atoms with Gasteiger partial charge in [0.15, 0.2) is 0 Å². The lowest BCUT2D eigenvalue weighted by Crippen LogP contribution is -1.98. The molecule has 1 rings (SSSR count). The average Bonchev–Trinajstić information content (AvgIpc) is 2.38. The highest BCUT2D eigenvalue weighted by Gasteiger charge is 1.99. The summed E-state index contributed by atoms with van der Waals surface area (Å²) in [6, 6.07) is 7.81. The summed E-state index contributed by atoms with van der Waals surface area (Å²) in [6.45, 7) is 4.95. The fourth-order valence-corrected chi connectivity index (χ4v) is 1.92. The van der Waals surface area contributed by atoms with Gasteiger partial charge in [-0.1, -0.05) is 39.0 Å². The van der Waals surface area contributed by atoms with Crippen molar-refractivity contribution in [1.82, 2.24) is 0 Å². The number of ether oxygens (including phenoxy) is 1. The first-order valence-electron chi connectivity index (χ1n) is 6.91. The Morgan fingerprint density at radius 3 is 2.50 bits per heavy atom. The van der Waals surface area contributed by atoms with Crippen LogP contribution < -0.4 is 4.74 Å². The highest BCUT2D eigenvalue weighted by Crippen LogP contribution is 2.17. The van der Waals surface area contributed by atoms with Crippen LogP contribution in [0.1, 0.15) is 56.6 Å². The van der Waals surface area contributed by atoms with E-state index in [2.05, 4.69) is 13.0 Å². The van der Waals surface area contributed by atoms with Gasteiger partial charge < -0.3 is 4.74 Å². The summed E-state index contributed by atoms with van der Waals surface area (Å²) in [6.07, 6.45) is 7.64. The molecule has 1 aromatic carbocycles. The Morgan fingerprint density at radius 2 is 1.83 bits per heavy atom. The molecule has 0 radical (unpaired) electrons. The normalized spacial score (nSPS) is 10.1. The topological polar surface area (TPSA) is 33.0 Å². The minimum absolute atomic E-state index is 0.724. The molecular weight excluding hydrogens is 222 g/mol. The molecule has 0 heterocycles. The maximum atomic E-state index is 8.84. The first-order valence-corrected chi connectivity index (χ1v) is 6.91. The van der Waals surface area contributed by atoms with E-state index in [9.17, 15) is 0 Å². The third-order valence-electron chi connectivity index (χ3n) is 3.08. The molecule has 0 N–H and O–H groups in total. The molecule has 0 aliphatic rings. The van der Waals surface area contributed by atoms with Crippen molar-refractivity contribution in [1.29, 1.82) is 5.26 Å². The minimum Gasteiger partial charge on any atom is -0.494 e. The smallest absolute Gasteiger partial charge is 0.119 e. The lowest BCUT2D eigenvalue weighted by molar-refractivity contribution is 0.304. The van der Waals surface area contributed by atoms with E-state index in [-0.39, 0.29) is 0 Å². The van der Waals surface area contributed by atoms with Gasteiger partial charge in [-0.25, -0.2) is 0 Å². The number of nitrogens with zero attached hydrogens (tertiary/aromatic N) is 1. The van der Waals surface area contributed by atoms with Gasteiger partial charge in [-0.15, -0.1) is 0 Å².